The smallest absolute Gasteiger partial charge is 0.234 e. The van der Waals surface area contributed by atoms with Crippen LogP contribution in [0.25, 0.3) is 5.69 Å². The van der Waals surface area contributed by atoms with Gasteiger partial charge >= 0.3 is 0 Å². The first-order valence-electron chi connectivity index (χ1n) is 8.01. The lowest BCUT2D eigenvalue weighted by molar-refractivity contribution is -0.113. The second-order valence-electron chi connectivity index (χ2n) is 5.91. The third-order valence-corrected chi connectivity index (χ3v) is 4.65. The SMILES string of the molecule is Cc1ccc(-n2c(C)nnc2SCC(=O)Nc2cccc(C)c2)cc1. The lowest BCUT2D eigenvalue weighted by atomic mass is 10.2. The van der Waals surface area contributed by atoms with Crippen molar-refractivity contribution >= 4 is 23.4 Å². The summed E-state index contributed by atoms with van der Waals surface area (Å²) < 4.78 is 1.96. The highest BCUT2D eigenvalue weighted by atomic mass is 32.2. The van der Waals surface area contributed by atoms with Crippen LogP contribution < -0.4 is 5.32 Å². The number of benzene rings is 2. The molecule has 128 valence electrons. The Kier molecular flexibility index (Phi) is 5.19. The molecular formula is C19H20N4OS. The van der Waals surface area contributed by atoms with Crippen LogP contribution in [-0.2, 0) is 4.79 Å². The lowest BCUT2D eigenvalue weighted by Crippen LogP contribution is -2.14. The van der Waals surface area contributed by atoms with Crippen LogP contribution in [0, 0.1) is 20.8 Å². The van der Waals surface area contributed by atoms with Crippen molar-refractivity contribution in [3.63, 3.8) is 0 Å². The van der Waals surface area contributed by atoms with Gasteiger partial charge in [0.1, 0.15) is 5.82 Å². The van der Waals surface area contributed by atoms with Crippen LogP contribution in [-0.4, -0.2) is 26.4 Å². The molecule has 3 rings (SSSR count). The van der Waals surface area contributed by atoms with Crippen LogP contribution in [0.3, 0.4) is 0 Å². The van der Waals surface area contributed by atoms with E-state index in [9.17, 15) is 4.79 Å². The minimum absolute atomic E-state index is 0.0632. The Balaban J connectivity index is 1.69. The zero-order valence-electron chi connectivity index (χ0n) is 14.5. The van der Waals surface area contributed by atoms with Crippen LogP contribution >= 0.6 is 11.8 Å². The third-order valence-electron chi connectivity index (χ3n) is 3.72. The number of aromatic nitrogens is 3. The molecule has 0 aliphatic carbocycles. The van der Waals surface area contributed by atoms with Crippen LogP contribution in [0.15, 0.2) is 53.7 Å². The Bertz CT molecular complexity index is 887. The molecule has 0 radical (unpaired) electrons. The molecule has 0 saturated heterocycles. The van der Waals surface area contributed by atoms with Gasteiger partial charge in [0.2, 0.25) is 5.91 Å². The van der Waals surface area contributed by atoms with Gasteiger partial charge in [-0.2, -0.15) is 0 Å². The van der Waals surface area contributed by atoms with Gasteiger partial charge in [0.15, 0.2) is 5.16 Å². The summed E-state index contributed by atoms with van der Waals surface area (Å²) in [6, 6.07) is 15.9. The Morgan fingerprint density at radius 1 is 1.04 bits per heavy atom. The fraction of sp³-hybridized carbons (Fsp3) is 0.211. The van der Waals surface area contributed by atoms with E-state index < -0.39 is 0 Å². The van der Waals surface area contributed by atoms with Gasteiger partial charge in [0, 0.05) is 11.4 Å². The maximum absolute atomic E-state index is 12.2. The molecule has 1 heterocycles. The molecule has 0 bridgehead atoms. The highest BCUT2D eigenvalue weighted by Gasteiger charge is 2.13. The van der Waals surface area contributed by atoms with E-state index in [4.69, 9.17) is 0 Å². The molecule has 0 saturated carbocycles. The number of nitrogens with one attached hydrogen (secondary N) is 1. The summed E-state index contributed by atoms with van der Waals surface area (Å²) in [5.74, 6) is 1.01. The molecule has 0 unspecified atom stereocenters. The fourth-order valence-corrected chi connectivity index (χ4v) is 3.28. The molecule has 3 aromatic rings. The van der Waals surface area contributed by atoms with Gasteiger partial charge in [0.25, 0.3) is 0 Å². The number of thioether (sulfide) groups is 1. The topological polar surface area (TPSA) is 59.8 Å². The van der Waals surface area contributed by atoms with Crippen molar-refractivity contribution in [2.75, 3.05) is 11.1 Å². The molecule has 6 heteroatoms. The number of carbonyl (C=O) groups is 1. The minimum Gasteiger partial charge on any atom is -0.325 e. The third kappa shape index (κ3) is 4.28. The standard InChI is InChI=1S/C19H20N4OS/c1-13-7-9-17(10-8-13)23-15(3)21-22-19(23)25-12-18(24)20-16-6-4-5-14(2)11-16/h4-11H,12H2,1-3H3,(H,20,24). The van der Waals surface area contributed by atoms with Crippen molar-refractivity contribution in [2.24, 2.45) is 0 Å². The Labute approximate surface area is 151 Å². The average Bonchev–Trinajstić information content (AvgIpc) is 2.95. The van der Waals surface area contributed by atoms with E-state index in [0.717, 1.165) is 22.8 Å². The van der Waals surface area contributed by atoms with Gasteiger partial charge in [-0.1, -0.05) is 41.6 Å². The minimum atomic E-state index is -0.0632. The summed E-state index contributed by atoms with van der Waals surface area (Å²) in [7, 11) is 0. The number of rotatable bonds is 5. The van der Waals surface area contributed by atoms with E-state index in [1.807, 2.05) is 73.9 Å². The zero-order valence-corrected chi connectivity index (χ0v) is 15.3. The molecule has 0 atom stereocenters. The van der Waals surface area contributed by atoms with Gasteiger partial charge in [-0.05, 0) is 50.6 Å². The first kappa shape index (κ1) is 17.2. The maximum atomic E-state index is 12.2. The maximum Gasteiger partial charge on any atom is 0.234 e. The molecule has 0 fully saturated rings. The first-order chi connectivity index (χ1) is 12.0. The van der Waals surface area contributed by atoms with E-state index in [2.05, 4.69) is 15.5 Å². The Morgan fingerprint density at radius 2 is 1.80 bits per heavy atom. The summed E-state index contributed by atoms with van der Waals surface area (Å²) in [5.41, 5.74) is 4.11. The molecule has 25 heavy (non-hydrogen) atoms. The number of aryl methyl sites for hydroxylation is 3. The summed E-state index contributed by atoms with van der Waals surface area (Å²) in [5, 5.41) is 12.0. The van der Waals surface area contributed by atoms with E-state index in [1.165, 1.54) is 17.3 Å². The summed E-state index contributed by atoms with van der Waals surface area (Å²) in [4.78, 5) is 12.2. The predicted molar refractivity (Wildman–Crippen MR) is 101 cm³/mol. The molecule has 1 N–H and O–H groups in total. The van der Waals surface area contributed by atoms with Gasteiger partial charge in [-0.15, -0.1) is 10.2 Å². The van der Waals surface area contributed by atoms with Gasteiger partial charge in [-0.3, -0.25) is 9.36 Å². The average molecular weight is 352 g/mol. The van der Waals surface area contributed by atoms with Crippen molar-refractivity contribution in [2.45, 2.75) is 25.9 Å². The number of hydrogen-bond acceptors (Lipinski definition) is 4. The monoisotopic (exact) mass is 352 g/mol. The Hall–Kier alpha value is -2.60. The van der Waals surface area contributed by atoms with Crippen molar-refractivity contribution in [1.29, 1.82) is 0 Å². The molecule has 1 amide bonds. The highest BCUT2D eigenvalue weighted by Crippen LogP contribution is 2.22. The quantitative estimate of drug-likeness (QED) is 0.707. The van der Waals surface area contributed by atoms with E-state index in [1.54, 1.807) is 0 Å². The second-order valence-corrected chi connectivity index (χ2v) is 6.85. The number of hydrogen-bond donors (Lipinski definition) is 1. The second kappa shape index (κ2) is 7.53. The largest absolute Gasteiger partial charge is 0.325 e. The predicted octanol–water partition coefficient (Wildman–Crippen LogP) is 3.92. The van der Waals surface area contributed by atoms with Crippen molar-refractivity contribution in [3.05, 3.63) is 65.5 Å². The van der Waals surface area contributed by atoms with Crippen molar-refractivity contribution in [3.8, 4) is 5.69 Å². The number of carbonyl (C=O) groups excluding carboxylic acids is 1. The molecule has 0 aliphatic rings. The lowest BCUT2D eigenvalue weighted by Gasteiger charge is -2.09. The molecule has 0 spiro atoms. The highest BCUT2D eigenvalue weighted by molar-refractivity contribution is 7.99. The number of anilines is 1. The summed E-state index contributed by atoms with van der Waals surface area (Å²) in [6.45, 7) is 5.95. The summed E-state index contributed by atoms with van der Waals surface area (Å²) >= 11 is 1.38. The van der Waals surface area contributed by atoms with E-state index in [0.29, 0.717) is 5.16 Å². The van der Waals surface area contributed by atoms with E-state index in [-0.39, 0.29) is 11.7 Å². The molecule has 1 aromatic heterocycles. The van der Waals surface area contributed by atoms with Crippen LogP contribution in [0.5, 0.6) is 0 Å². The van der Waals surface area contributed by atoms with Gasteiger partial charge in [-0.25, -0.2) is 0 Å². The van der Waals surface area contributed by atoms with Crippen LogP contribution in [0.4, 0.5) is 5.69 Å². The zero-order chi connectivity index (χ0) is 17.8. The molecule has 0 aliphatic heterocycles. The van der Waals surface area contributed by atoms with Gasteiger partial charge in [0.05, 0.1) is 5.75 Å². The van der Waals surface area contributed by atoms with E-state index >= 15 is 0 Å². The fourth-order valence-electron chi connectivity index (χ4n) is 2.48. The Morgan fingerprint density at radius 3 is 2.52 bits per heavy atom. The number of amides is 1. The van der Waals surface area contributed by atoms with Gasteiger partial charge < -0.3 is 5.32 Å². The summed E-state index contributed by atoms with van der Waals surface area (Å²) in [6.07, 6.45) is 0. The normalized spacial score (nSPS) is 10.7. The van der Waals surface area contributed by atoms with Crippen molar-refractivity contribution in [1.82, 2.24) is 14.8 Å². The molecule has 5 nitrogen and oxygen atoms in total. The molecule has 2 aromatic carbocycles. The molecular weight excluding hydrogens is 332 g/mol. The van der Waals surface area contributed by atoms with Crippen LogP contribution in [0.2, 0.25) is 0 Å². The van der Waals surface area contributed by atoms with Crippen LogP contribution in [0.1, 0.15) is 17.0 Å². The van der Waals surface area contributed by atoms with Crippen molar-refractivity contribution < 1.29 is 4.79 Å². The number of nitrogens with zero attached hydrogens (tertiary/aromatic N) is 3. The first-order valence-corrected chi connectivity index (χ1v) is 9.00.